The number of nitrogens with zero attached hydrogens (tertiary/aromatic N) is 1. The van der Waals surface area contributed by atoms with Gasteiger partial charge in [0, 0.05) is 18.8 Å². The molecule has 0 saturated heterocycles. The molecule has 0 aliphatic heterocycles. The zero-order valence-electron chi connectivity index (χ0n) is 7.78. The van der Waals surface area contributed by atoms with Gasteiger partial charge in [-0.2, -0.15) is 0 Å². The lowest BCUT2D eigenvalue weighted by molar-refractivity contribution is 0.397. The van der Waals surface area contributed by atoms with Crippen molar-refractivity contribution in [2.75, 3.05) is 7.11 Å². The molecule has 0 aliphatic rings. The van der Waals surface area contributed by atoms with E-state index in [4.69, 9.17) is 22.8 Å². The van der Waals surface area contributed by atoms with Crippen LogP contribution in [0.15, 0.2) is 18.3 Å². The van der Waals surface area contributed by atoms with Crippen molar-refractivity contribution in [2.24, 2.45) is 5.84 Å². The van der Waals surface area contributed by atoms with E-state index in [-0.39, 0.29) is 0 Å². The Labute approximate surface area is 87.6 Å². The van der Waals surface area contributed by atoms with E-state index in [9.17, 15) is 0 Å². The fraction of sp³-hybridized carbons (Fsp3) is 0.250. The largest absolute Gasteiger partial charge is 0.481 e. The number of thiocarbonyl (C=S) groups is 1. The predicted octanol–water partition coefficient (Wildman–Crippen LogP) is -0.0720. The Morgan fingerprint density at radius 3 is 3.14 bits per heavy atom. The summed E-state index contributed by atoms with van der Waals surface area (Å²) in [5.41, 5.74) is 3.36. The van der Waals surface area contributed by atoms with Gasteiger partial charge in [-0.3, -0.25) is 0 Å². The minimum absolute atomic E-state index is 0.403. The Balaban J connectivity index is 2.54. The topological polar surface area (TPSA) is 72.2 Å². The molecule has 76 valence electrons. The molecule has 5 nitrogen and oxygen atoms in total. The molecule has 0 atom stereocenters. The van der Waals surface area contributed by atoms with Crippen molar-refractivity contribution < 1.29 is 4.74 Å². The molecule has 14 heavy (non-hydrogen) atoms. The molecule has 0 amide bonds. The number of aromatic nitrogens is 1. The monoisotopic (exact) mass is 212 g/mol. The Morgan fingerprint density at radius 2 is 2.50 bits per heavy atom. The molecule has 1 heterocycles. The first-order valence-corrected chi connectivity index (χ1v) is 4.40. The molecule has 0 aliphatic carbocycles. The lowest BCUT2D eigenvalue weighted by Crippen LogP contribution is -2.39. The summed E-state index contributed by atoms with van der Waals surface area (Å²) in [6, 6.07) is 3.70. The molecule has 0 bridgehead atoms. The van der Waals surface area contributed by atoms with Crippen molar-refractivity contribution >= 4 is 17.3 Å². The fourth-order valence-corrected chi connectivity index (χ4v) is 0.978. The molecule has 0 aromatic carbocycles. The van der Waals surface area contributed by atoms with E-state index in [1.807, 2.05) is 12.1 Å². The first-order chi connectivity index (χ1) is 6.76. The van der Waals surface area contributed by atoms with Gasteiger partial charge in [0.25, 0.3) is 0 Å². The number of rotatable bonds is 3. The van der Waals surface area contributed by atoms with Crippen molar-refractivity contribution in [2.45, 2.75) is 6.54 Å². The number of methoxy groups -OCH3 is 1. The van der Waals surface area contributed by atoms with Crippen LogP contribution in [0.1, 0.15) is 5.56 Å². The van der Waals surface area contributed by atoms with E-state index in [1.54, 1.807) is 13.3 Å². The van der Waals surface area contributed by atoms with Gasteiger partial charge in [-0.1, -0.05) is 0 Å². The van der Waals surface area contributed by atoms with Gasteiger partial charge in [-0.05, 0) is 23.8 Å². The van der Waals surface area contributed by atoms with Crippen LogP contribution in [0.3, 0.4) is 0 Å². The lowest BCUT2D eigenvalue weighted by Gasteiger charge is -2.07. The highest BCUT2D eigenvalue weighted by Crippen LogP contribution is 2.07. The van der Waals surface area contributed by atoms with Crippen molar-refractivity contribution in [3.05, 3.63) is 23.9 Å². The third kappa shape index (κ3) is 3.15. The van der Waals surface area contributed by atoms with Crippen LogP contribution in [0, 0.1) is 0 Å². The van der Waals surface area contributed by atoms with Gasteiger partial charge in [0.1, 0.15) is 0 Å². The Hall–Kier alpha value is -1.40. The number of hydrogen-bond acceptors (Lipinski definition) is 4. The third-order valence-electron chi connectivity index (χ3n) is 1.59. The van der Waals surface area contributed by atoms with E-state index in [0.717, 1.165) is 5.56 Å². The summed E-state index contributed by atoms with van der Waals surface area (Å²) in [5, 5.41) is 3.32. The van der Waals surface area contributed by atoms with Crippen LogP contribution >= 0.6 is 12.2 Å². The molecule has 0 fully saturated rings. The summed E-state index contributed by atoms with van der Waals surface area (Å²) >= 11 is 4.82. The molecule has 0 saturated carbocycles. The lowest BCUT2D eigenvalue weighted by atomic mass is 10.2. The van der Waals surface area contributed by atoms with Crippen molar-refractivity contribution in [1.82, 2.24) is 15.7 Å². The summed E-state index contributed by atoms with van der Waals surface area (Å²) in [6.45, 7) is 0.585. The third-order valence-corrected chi connectivity index (χ3v) is 1.85. The summed E-state index contributed by atoms with van der Waals surface area (Å²) in [7, 11) is 1.58. The number of nitrogens with two attached hydrogens (primary N) is 1. The highest BCUT2D eigenvalue weighted by molar-refractivity contribution is 7.80. The Kier molecular flexibility index (Phi) is 4.09. The van der Waals surface area contributed by atoms with Gasteiger partial charge in [0.15, 0.2) is 5.11 Å². The standard InChI is InChI=1S/C8H12N4OS/c1-13-7-4-6(2-3-10-7)5-11-8(14)12-9/h2-4H,5,9H2,1H3,(H2,11,12,14). The molecule has 0 unspecified atom stereocenters. The van der Waals surface area contributed by atoms with Crippen LogP contribution in [-0.4, -0.2) is 17.2 Å². The maximum absolute atomic E-state index is 5.10. The molecule has 6 heteroatoms. The van der Waals surface area contributed by atoms with Crippen molar-refractivity contribution in [3.8, 4) is 5.88 Å². The zero-order chi connectivity index (χ0) is 10.4. The Morgan fingerprint density at radius 1 is 1.71 bits per heavy atom. The molecular weight excluding hydrogens is 200 g/mol. The summed E-state index contributed by atoms with van der Waals surface area (Å²) in [4.78, 5) is 3.98. The normalized spacial score (nSPS) is 9.29. The predicted molar refractivity (Wildman–Crippen MR) is 57.5 cm³/mol. The van der Waals surface area contributed by atoms with Gasteiger partial charge >= 0.3 is 0 Å². The first-order valence-electron chi connectivity index (χ1n) is 3.99. The van der Waals surface area contributed by atoms with Crippen LogP contribution in [0.2, 0.25) is 0 Å². The second-order valence-electron chi connectivity index (χ2n) is 2.53. The Bertz CT molecular complexity index is 318. The maximum atomic E-state index is 5.10. The molecule has 4 N–H and O–H groups in total. The second-order valence-corrected chi connectivity index (χ2v) is 2.94. The highest BCUT2D eigenvalue weighted by Gasteiger charge is 1.97. The van der Waals surface area contributed by atoms with E-state index in [0.29, 0.717) is 17.5 Å². The van der Waals surface area contributed by atoms with Crippen LogP contribution in [0.4, 0.5) is 0 Å². The average molecular weight is 212 g/mol. The molecule has 0 spiro atoms. The second kappa shape index (κ2) is 5.36. The van der Waals surface area contributed by atoms with Gasteiger partial charge in [0.05, 0.1) is 7.11 Å². The highest BCUT2D eigenvalue weighted by atomic mass is 32.1. The number of hydrogen-bond donors (Lipinski definition) is 3. The quantitative estimate of drug-likeness (QED) is 0.370. The van der Waals surface area contributed by atoms with Crippen molar-refractivity contribution in [1.29, 1.82) is 0 Å². The van der Waals surface area contributed by atoms with Crippen LogP contribution in [0.25, 0.3) is 0 Å². The zero-order valence-corrected chi connectivity index (χ0v) is 8.60. The summed E-state index contributed by atoms with van der Waals surface area (Å²) in [5.74, 6) is 5.68. The minimum Gasteiger partial charge on any atom is -0.481 e. The maximum Gasteiger partial charge on any atom is 0.213 e. The SMILES string of the molecule is COc1cc(CNC(=S)NN)ccn1. The summed E-state index contributed by atoms with van der Waals surface area (Å²) < 4.78 is 4.98. The molecule has 1 aromatic rings. The minimum atomic E-state index is 0.403. The number of ether oxygens (including phenoxy) is 1. The van der Waals surface area contributed by atoms with Crippen LogP contribution < -0.4 is 21.3 Å². The smallest absolute Gasteiger partial charge is 0.213 e. The molecular formula is C8H12N4OS. The van der Waals surface area contributed by atoms with Gasteiger partial charge in [-0.15, -0.1) is 0 Å². The average Bonchev–Trinajstić information content (AvgIpc) is 2.26. The molecule has 1 rings (SSSR count). The van der Waals surface area contributed by atoms with Gasteiger partial charge in [0.2, 0.25) is 5.88 Å². The van der Waals surface area contributed by atoms with E-state index < -0.39 is 0 Å². The number of pyridine rings is 1. The van der Waals surface area contributed by atoms with Gasteiger partial charge in [-0.25, -0.2) is 10.8 Å². The van der Waals surface area contributed by atoms with Crippen LogP contribution in [-0.2, 0) is 6.54 Å². The number of nitrogens with one attached hydrogen (secondary N) is 2. The van der Waals surface area contributed by atoms with E-state index in [2.05, 4.69) is 15.7 Å². The van der Waals surface area contributed by atoms with Crippen LogP contribution in [0.5, 0.6) is 5.88 Å². The van der Waals surface area contributed by atoms with Gasteiger partial charge < -0.3 is 15.5 Å². The first kappa shape index (κ1) is 10.7. The van der Waals surface area contributed by atoms with Crippen molar-refractivity contribution in [3.63, 3.8) is 0 Å². The molecule has 0 radical (unpaired) electrons. The van der Waals surface area contributed by atoms with E-state index in [1.165, 1.54) is 0 Å². The van der Waals surface area contributed by atoms with E-state index >= 15 is 0 Å². The fourth-order valence-electron chi connectivity index (χ4n) is 0.905. The molecule has 1 aromatic heterocycles. The summed E-state index contributed by atoms with van der Waals surface area (Å²) in [6.07, 6.45) is 1.68. The number of hydrazine groups is 1.